The maximum Gasteiger partial charge on any atom is 0.363 e. The van der Waals surface area contributed by atoms with Gasteiger partial charge in [-0.25, -0.2) is 0 Å². The highest BCUT2D eigenvalue weighted by atomic mass is 31.2. The predicted octanol–water partition coefficient (Wildman–Crippen LogP) is 4.32. The van der Waals surface area contributed by atoms with Gasteiger partial charge < -0.3 is 9.05 Å². The van der Waals surface area contributed by atoms with E-state index in [1.807, 2.05) is 55.5 Å². The Balaban J connectivity index is 2.39. The Hall–Kier alpha value is -2.00. The van der Waals surface area contributed by atoms with Crippen LogP contribution in [0.15, 0.2) is 54.7 Å². The SMILES string of the molecule is COP(=O)(OC)c1cnc2ccccc2c1-c1ccc(C)cc1. The van der Waals surface area contributed by atoms with Crippen molar-refractivity contribution in [1.82, 2.24) is 4.98 Å². The molecule has 1 aromatic heterocycles. The number of aromatic nitrogens is 1. The van der Waals surface area contributed by atoms with E-state index in [9.17, 15) is 4.57 Å². The zero-order valence-corrected chi connectivity index (χ0v) is 14.2. The largest absolute Gasteiger partial charge is 0.363 e. The van der Waals surface area contributed by atoms with Gasteiger partial charge in [-0.1, -0.05) is 48.0 Å². The fourth-order valence-electron chi connectivity index (χ4n) is 2.63. The lowest BCUT2D eigenvalue weighted by Gasteiger charge is -2.19. The van der Waals surface area contributed by atoms with E-state index in [1.54, 1.807) is 6.20 Å². The molecule has 0 amide bonds. The molecule has 1 heterocycles. The molecule has 3 aromatic rings. The minimum atomic E-state index is -3.42. The van der Waals surface area contributed by atoms with Crippen molar-refractivity contribution in [3.63, 3.8) is 0 Å². The van der Waals surface area contributed by atoms with Gasteiger partial charge in [-0.3, -0.25) is 9.55 Å². The van der Waals surface area contributed by atoms with Crippen LogP contribution in [0, 0.1) is 6.92 Å². The minimum Gasteiger partial charge on any atom is -0.309 e. The molecule has 0 spiro atoms. The molecule has 5 heteroatoms. The molecule has 0 atom stereocenters. The lowest BCUT2D eigenvalue weighted by Crippen LogP contribution is -2.13. The van der Waals surface area contributed by atoms with Crippen molar-refractivity contribution in [3.05, 3.63) is 60.3 Å². The second-order valence-corrected chi connectivity index (χ2v) is 7.47. The number of nitrogens with zero attached hydrogens (tertiary/aromatic N) is 1. The minimum absolute atomic E-state index is 0.477. The number of benzene rings is 2. The molecule has 4 nitrogen and oxygen atoms in total. The van der Waals surface area contributed by atoms with Gasteiger partial charge >= 0.3 is 7.60 Å². The number of para-hydroxylation sites is 1. The van der Waals surface area contributed by atoms with Crippen molar-refractivity contribution in [2.75, 3.05) is 14.2 Å². The molecule has 0 fully saturated rings. The van der Waals surface area contributed by atoms with E-state index >= 15 is 0 Å². The van der Waals surface area contributed by atoms with Crippen LogP contribution in [-0.2, 0) is 13.6 Å². The van der Waals surface area contributed by atoms with Gasteiger partial charge in [0.2, 0.25) is 0 Å². The Labute approximate surface area is 135 Å². The molecule has 0 saturated carbocycles. The predicted molar refractivity (Wildman–Crippen MR) is 93.2 cm³/mol. The van der Waals surface area contributed by atoms with E-state index in [2.05, 4.69) is 4.98 Å². The van der Waals surface area contributed by atoms with Gasteiger partial charge in [-0.05, 0) is 18.6 Å². The van der Waals surface area contributed by atoms with Crippen LogP contribution in [0.4, 0.5) is 0 Å². The molecule has 0 unspecified atom stereocenters. The Bertz CT molecular complexity index is 882. The van der Waals surface area contributed by atoms with Crippen LogP contribution in [0.25, 0.3) is 22.0 Å². The summed E-state index contributed by atoms with van der Waals surface area (Å²) in [7, 11) is -0.641. The Morgan fingerprint density at radius 2 is 1.61 bits per heavy atom. The molecule has 0 bridgehead atoms. The molecule has 118 valence electrons. The van der Waals surface area contributed by atoms with Crippen LogP contribution >= 0.6 is 7.60 Å². The number of rotatable bonds is 4. The fraction of sp³-hybridized carbons (Fsp3) is 0.167. The highest BCUT2D eigenvalue weighted by Crippen LogP contribution is 2.48. The van der Waals surface area contributed by atoms with Gasteiger partial charge in [0.15, 0.2) is 0 Å². The van der Waals surface area contributed by atoms with Crippen LogP contribution in [0.5, 0.6) is 0 Å². The summed E-state index contributed by atoms with van der Waals surface area (Å²) in [5.41, 5.74) is 3.79. The Kier molecular flexibility index (Phi) is 4.31. The van der Waals surface area contributed by atoms with E-state index in [0.29, 0.717) is 5.30 Å². The normalized spacial score (nSPS) is 11.8. The first-order valence-electron chi connectivity index (χ1n) is 7.26. The smallest absolute Gasteiger partial charge is 0.309 e. The monoisotopic (exact) mass is 327 g/mol. The molecule has 0 saturated heterocycles. The molecule has 0 radical (unpaired) electrons. The first-order chi connectivity index (χ1) is 11.1. The lowest BCUT2D eigenvalue weighted by molar-refractivity contribution is 0.287. The average molecular weight is 327 g/mol. The van der Waals surface area contributed by atoms with Crippen LogP contribution in [0.2, 0.25) is 0 Å². The summed E-state index contributed by atoms with van der Waals surface area (Å²) in [5.74, 6) is 0. The summed E-state index contributed by atoms with van der Waals surface area (Å²) < 4.78 is 23.4. The number of hydrogen-bond acceptors (Lipinski definition) is 4. The van der Waals surface area contributed by atoms with E-state index in [1.165, 1.54) is 14.2 Å². The summed E-state index contributed by atoms with van der Waals surface area (Å²) >= 11 is 0. The van der Waals surface area contributed by atoms with E-state index < -0.39 is 7.60 Å². The van der Waals surface area contributed by atoms with Crippen LogP contribution in [-0.4, -0.2) is 19.2 Å². The maximum atomic E-state index is 13.0. The van der Waals surface area contributed by atoms with E-state index in [-0.39, 0.29) is 0 Å². The molecule has 0 aliphatic rings. The van der Waals surface area contributed by atoms with Gasteiger partial charge in [0.1, 0.15) is 0 Å². The Morgan fingerprint density at radius 1 is 0.957 bits per heavy atom. The molecule has 0 aliphatic heterocycles. The van der Waals surface area contributed by atoms with Crippen LogP contribution < -0.4 is 5.30 Å². The highest BCUT2D eigenvalue weighted by molar-refractivity contribution is 7.62. The summed E-state index contributed by atoms with van der Waals surface area (Å²) in [6.07, 6.45) is 1.59. The summed E-state index contributed by atoms with van der Waals surface area (Å²) in [6, 6.07) is 15.8. The number of aryl methyl sites for hydroxylation is 1. The summed E-state index contributed by atoms with van der Waals surface area (Å²) in [6.45, 7) is 2.03. The highest BCUT2D eigenvalue weighted by Gasteiger charge is 2.30. The number of fused-ring (bicyclic) bond motifs is 1. The zero-order valence-electron chi connectivity index (χ0n) is 13.3. The van der Waals surface area contributed by atoms with Crippen molar-refractivity contribution in [3.8, 4) is 11.1 Å². The lowest BCUT2D eigenvalue weighted by atomic mass is 10.0. The van der Waals surface area contributed by atoms with Crippen molar-refractivity contribution in [2.24, 2.45) is 0 Å². The van der Waals surface area contributed by atoms with E-state index in [4.69, 9.17) is 9.05 Å². The second-order valence-electron chi connectivity index (χ2n) is 5.26. The van der Waals surface area contributed by atoms with Gasteiger partial charge in [0.25, 0.3) is 0 Å². The first-order valence-corrected chi connectivity index (χ1v) is 8.80. The van der Waals surface area contributed by atoms with Crippen LogP contribution in [0.1, 0.15) is 5.56 Å². The fourth-order valence-corrected chi connectivity index (χ4v) is 3.90. The number of pyridine rings is 1. The van der Waals surface area contributed by atoms with Gasteiger partial charge in [-0.2, -0.15) is 0 Å². The molecular formula is C18H18NO3P. The molecule has 23 heavy (non-hydrogen) atoms. The first kappa shape index (κ1) is 15.9. The molecular weight excluding hydrogens is 309 g/mol. The van der Waals surface area contributed by atoms with Gasteiger partial charge in [-0.15, -0.1) is 0 Å². The van der Waals surface area contributed by atoms with Crippen molar-refractivity contribution in [2.45, 2.75) is 6.92 Å². The average Bonchev–Trinajstić information content (AvgIpc) is 2.61. The Morgan fingerprint density at radius 3 is 2.26 bits per heavy atom. The quantitative estimate of drug-likeness (QED) is 0.670. The third kappa shape index (κ3) is 2.81. The van der Waals surface area contributed by atoms with Crippen molar-refractivity contribution < 1.29 is 13.6 Å². The van der Waals surface area contributed by atoms with Gasteiger partial charge in [0.05, 0.1) is 10.8 Å². The third-order valence-electron chi connectivity index (χ3n) is 3.87. The standard InChI is InChI=1S/C18H18NO3P/c1-13-8-10-14(11-9-13)18-15-6-4-5-7-16(15)19-12-17(18)23(20,21-2)22-3/h4-12H,1-3H3. The van der Waals surface area contributed by atoms with Crippen molar-refractivity contribution in [1.29, 1.82) is 0 Å². The van der Waals surface area contributed by atoms with Gasteiger partial charge in [0, 0.05) is 31.4 Å². The molecule has 3 rings (SSSR count). The number of hydrogen-bond donors (Lipinski definition) is 0. The van der Waals surface area contributed by atoms with E-state index in [0.717, 1.165) is 27.6 Å². The third-order valence-corrected chi connectivity index (χ3v) is 5.76. The summed E-state index contributed by atoms with van der Waals surface area (Å²) in [5, 5.41) is 1.40. The van der Waals surface area contributed by atoms with Crippen molar-refractivity contribution >= 4 is 23.8 Å². The topological polar surface area (TPSA) is 48.4 Å². The molecule has 0 N–H and O–H groups in total. The second kappa shape index (κ2) is 6.25. The van der Waals surface area contributed by atoms with Crippen LogP contribution in [0.3, 0.4) is 0 Å². The zero-order chi connectivity index (χ0) is 16.4. The maximum absolute atomic E-state index is 13.0. The molecule has 0 aliphatic carbocycles. The summed E-state index contributed by atoms with van der Waals surface area (Å²) in [4.78, 5) is 4.41. The molecule has 2 aromatic carbocycles.